The maximum absolute atomic E-state index is 12.9. The van der Waals surface area contributed by atoms with Gasteiger partial charge in [-0.25, -0.2) is 4.39 Å². The summed E-state index contributed by atoms with van der Waals surface area (Å²) in [5.74, 6) is -0.216. The Morgan fingerprint density at radius 1 is 1.14 bits per heavy atom. The number of halogens is 1. The van der Waals surface area contributed by atoms with Crippen LogP contribution in [0.2, 0.25) is 0 Å². The van der Waals surface area contributed by atoms with Crippen molar-refractivity contribution in [3.05, 3.63) is 65.6 Å². The van der Waals surface area contributed by atoms with Gasteiger partial charge in [0.2, 0.25) is 0 Å². The van der Waals surface area contributed by atoms with Crippen molar-refractivity contribution in [1.82, 2.24) is 4.57 Å². The zero-order valence-electron chi connectivity index (χ0n) is 12.7. The molecule has 5 heteroatoms. The third-order valence-electron chi connectivity index (χ3n) is 3.92. The number of anilines is 1. The van der Waals surface area contributed by atoms with Crippen LogP contribution in [0.4, 0.5) is 10.1 Å². The van der Waals surface area contributed by atoms with Crippen molar-refractivity contribution >= 4 is 5.69 Å². The van der Waals surface area contributed by atoms with E-state index in [1.54, 1.807) is 24.7 Å². The Kier molecular flexibility index (Phi) is 4.04. The summed E-state index contributed by atoms with van der Waals surface area (Å²) in [7, 11) is 0. The number of nitrogens with one attached hydrogen (secondary N) is 1. The lowest BCUT2D eigenvalue weighted by Gasteiger charge is -2.12. The highest BCUT2D eigenvalue weighted by Gasteiger charge is 2.16. The second kappa shape index (κ2) is 6.13. The zero-order valence-corrected chi connectivity index (χ0v) is 12.7. The van der Waals surface area contributed by atoms with Gasteiger partial charge >= 0.3 is 0 Å². The van der Waals surface area contributed by atoms with E-state index in [4.69, 9.17) is 9.47 Å². The predicted molar refractivity (Wildman–Crippen MR) is 82.7 cm³/mol. The molecule has 4 nitrogen and oxygen atoms in total. The van der Waals surface area contributed by atoms with Gasteiger partial charge in [-0.15, -0.1) is 0 Å². The molecule has 0 unspecified atom stereocenters. The minimum Gasteiger partial charge on any atom is -0.457 e. The Hall–Kier alpha value is -2.43. The molecule has 22 heavy (non-hydrogen) atoms. The Bertz CT molecular complexity index is 669. The van der Waals surface area contributed by atoms with Gasteiger partial charge in [0.1, 0.15) is 18.3 Å². The normalized spacial score (nSPS) is 14.0. The van der Waals surface area contributed by atoms with Gasteiger partial charge in [0.05, 0.1) is 12.2 Å². The summed E-state index contributed by atoms with van der Waals surface area (Å²) in [5.41, 5.74) is 4.46. The van der Waals surface area contributed by atoms with Gasteiger partial charge in [0, 0.05) is 18.4 Å². The van der Waals surface area contributed by atoms with Crippen molar-refractivity contribution in [2.45, 2.75) is 33.2 Å². The van der Waals surface area contributed by atoms with Crippen molar-refractivity contribution in [1.29, 1.82) is 0 Å². The highest BCUT2D eigenvalue weighted by Crippen LogP contribution is 2.23. The minimum absolute atomic E-state index is 0.216. The predicted octanol–water partition coefficient (Wildman–Crippen LogP) is 3.70. The van der Waals surface area contributed by atoms with Gasteiger partial charge in [-0.3, -0.25) is 0 Å². The first-order valence-corrected chi connectivity index (χ1v) is 7.24. The number of nitrogens with zero attached hydrogens (tertiary/aromatic N) is 1. The molecule has 0 atom stereocenters. The van der Waals surface area contributed by atoms with Crippen LogP contribution in [0.5, 0.6) is 0 Å². The molecule has 0 amide bonds. The lowest BCUT2D eigenvalue weighted by Crippen LogP contribution is -2.16. The van der Waals surface area contributed by atoms with Crippen LogP contribution < -0.4 is 5.32 Å². The second-order valence-corrected chi connectivity index (χ2v) is 5.36. The molecule has 2 aromatic rings. The average Bonchev–Trinajstić information content (AvgIpc) is 3.11. The Morgan fingerprint density at radius 3 is 2.50 bits per heavy atom. The summed E-state index contributed by atoms with van der Waals surface area (Å²) in [6, 6.07) is 6.52. The fraction of sp³-hybridized carbons (Fsp3) is 0.294. The van der Waals surface area contributed by atoms with E-state index in [2.05, 4.69) is 29.9 Å². The summed E-state index contributed by atoms with van der Waals surface area (Å²) in [6.45, 7) is 5.44. The third-order valence-corrected chi connectivity index (χ3v) is 3.92. The van der Waals surface area contributed by atoms with Crippen LogP contribution in [-0.4, -0.2) is 10.9 Å². The van der Waals surface area contributed by atoms with Gasteiger partial charge in [0.25, 0.3) is 6.29 Å². The molecule has 0 spiro atoms. The molecule has 0 bridgehead atoms. The molecule has 0 aliphatic carbocycles. The zero-order chi connectivity index (χ0) is 15.5. The van der Waals surface area contributed by atoms with E-state index in [1.807, 2.05) is 0 Å². The molecule has 3 rings (SSSR count). The minimum atomic E-state index is -0.268. The molecular weight excluding hydrogens is 283 g/mol. The summed E-state index contributed by atoms with van der Waals surface area (Å²) in [6.07, 6.45) is 4.91. The van der Waals surface area contributed by atoms with Crippen molar-refractivity contribution in [2.75, 3.05) is 5.32 Å². The summed E-state index contributed by atoms with van der Waals surface area (Å²) in [4.78, 5) is 0. The lowest BCUT2D eigenvalue weighted by molar-refractivity contribution is -0.0344. The van der Waals surface area contributed by atoms with E-state index in [-0.39, 0.29) is 12.1 Å². The number of hydrogen-bond donors (Lipinski definition) is 1. The summed E-state index contributed by atoms with van der Waals surface area (Å²) in [5, 5.41) is 3.39. The molecule has 0 saturated heterocycles. The number of aromatic nitrogens is 1. The topological polar surface area (TPSA) is 35.4 Å². The quantitative estimate of drug-likeness (QED) is 0.914. The largest absolute Gasteiger partial charge is 0.457 e. The van der Waals surface area contributed by atoms with Crippen LogP contribution in [0.1, 0.15) is 16.8 Å². The molecule has 1 aliphatic heterocycles. The van der Waals surface area contributed by atoms with Crippen LogP contribution in [0, 0.1) is 19.7 Å². The van der Waals surface area contributed by atoms with Crippen molar-refractivity contribution in [3.8, 4) is 0 Å². The fourth-order valence-corrected chi connectivity index (χ4v) is 2.45. The molecular formula is C17H19FN2O2. The van der Waals surface area contributed by atoms with E-state index in [1.165, 1.54) is 23.4 Å². The first-order valence-electron chi connectivity index (χ1n) is 7.24. The van der Waals surface area contributed by atoms with E-state index in [0.29, 0.717) is 13.1 Å². The molecule has 116 valence electrons. The molecule has 1 aliphatic rings. The first-order chi connectivity index (χ1) is 10.6. The molecule has 0 radical (unpaired) electrons. The number of hydrogen-bond acceptors (Lipinski definition) is 3. The smallest absolute Gasteiger partial charge is 0.257 e. The van der Waals surface area contributed by atoms with E-state index in [9.17, 15) is 4.39 Å². The highest BCUT2D eigenvalue weighted by atomic mass is 19.1. The number of ether oxygens (including phenoxy) is 2. The van der Waals surface area contributed by atoms with E-state index < -0.39 is 0 Å². The Labute approximate surface area is 129 Å². The van der Waals surface area contributed by atoms with Gasteiger partial charge in [-0.1, -0.05) is 12.1 Å². The van der Waals surface area contributed by atoms with Crippen molar-refractivity contribution in [2.24, 2.45) is 0 Å². The van der Waals surface area contributed by atoms with Crippen LogP contribution in [0.15, 0.2) is 43.0 Å². The standard InChI is InChI=1S/C17H19FN2O2/c1-12-13(2)20(11-17-21-7-8-22-17)10-16(12)19-9-14-3-5-15(18)6-4-14/h3-8,10,17,19H,9,11H2,1-2H3. The molecule has 1 aromatic heterocycles. The molecule has 0 fully saturated rings. The monoisotopic (exact) mass is 302 g/mol. The number of rotatable bonds is 5. The Morgan fingerprint density at radius 2 is 1.82 bits per heavy atom. The lowest BCUT2D eigenvalue weighted by atomic mass is 10.2. The molecule has 1 N–H and O–H groups in total. The van der Waals surface area contributed by atoms with Gasteiger partial charge in [-0.05, 0) is 37.1 Å². The summed E-state index contributed by atoms with van der Waals surface area (Å²) < 4.78 is 25.7. The second-order valence-electron chi connectivity index (χ2n) is 5.36. The van der Waals surface area contributed by atoms with Gasteiger partial charge in [-0.2, -0.15) is 0 Å². The summed E-state index contributed by atoms with van der Waals surface area (Å²) >= 11 is 0. The average molecular weight is 302 g/mol. The van der Waals surface area contributed by atoms with Crippen LogP contribution in [0.3, 0.4) is 0 Å². The number of benzene rings is 1. The SMILES string of the molecule is Cc1c(NCc2ccc(F)cc2)cn(CC2OC=CO2)c1C. The first kappa shape index (κ1) is 14.5. The van der Waals surface area contributed by atoms with Gasteiger partial charge in [0.15, 0.2) is 0 Å². The molecule has 0 saturated carbocycles. The van der Waals surface area contributed by atoms with Crippen LogP contribution in [-0.2, 0) is 22.6 Å². The highest BCUT2D eigenvalue weighted by molar-refractivity contribution is 5.53. The van der Waals surface area contributed by atoms with Crippen LogP contribution in [0.25, 0.3) is 0 Å². The third kappa shape index (κ3) is 3.08. The fourth-order valence-electron chi connectivity index (χ4n) is 2.45. The molecule has 1 aromatic carbocycles. The molecule has 2 heterocycles. The van der Waals surface area contributed by atoms with Crippen molar-refractivity contribution < 1.29 is 13.9 Å². The van der Waals surface area contributed by atoms with E-state index >= 15 is 0 Å². The van der Waals surface area contributed by atoms with Gasteiger partial charge < -0.3 is 19.4 Å². The maximum Gasteiger partial charge on any atom is 0.257 e. The van der Waals surface area contributed by atoms with E-state index in [0.717, 1.165) is 11.3 Å². The van der Waals surface area contributed by atoms with Crippen LogP contribution >= 0.6 is 0 Å². The van der Waals surface area contributed by atoms with Crippen molar-refractivity contribution in [3.63, 3.8) is 0 Å². The maximum atomic E-state index is 12.9. The Balaban J connectivity index is 1.67.